The summed E-state index contributed by atoms with van der Waals surface area (Å²) in [6.45, 7) is 3.96. The third-order valence-corrected chi connectivity index (χ3v) is 5.72. The maximum absolute atomic E-state index is 12.5. The lowest BCUT2D eigenvalue weighted by atomic mass is 10.1. The SMILES string of the molecule is Cc1cc(OCC(=O)NNC(=S)NC(=O)c2cccc(OCCc3ccccc3)c2)cc(C)c1Cl. The van der Waals surface area contributed by atoms with Gasteiger partial charge in [-0.05, 0) is 73.1 Å². The number of halogens is 1. The number of benzene rings is 3. The lowest BCUT2D eigenvalue weighted by Crippen LogP contribution is -2.49. The van der Waals surface area contributed by atoms with Gasteiger partial charge in [-0.1, -0.05) is 48.0 Å². The molecule has 182 valence electrons. The molecule has 0 aromatic heterocycles. The van der Waals surface area contributed by atoms with Crippen LogP contribution in [0.2, 0.25) is 5.02 Å². The van der Waals surface area contributed by atoms with Crippen LogP contribution in [0.4, 0.5) is 0 Å². The first kappa shape index (κ1) is 26.0. The molecule has 3 N–H and O–H groups in total. The fourth-order valence-electron chi connectivity index (χ4n) is 3.17. The molecule has 0 aliphatic heterocycles. The number of carbonyl (C=O) groups excluding carboxylic acids is 2. The molecule has 2 amide bonds. The summed E-state index contributed by atoms with van der Waals surface area (Å²) < 4.78 is 11.2. The Morgan fingerprint density at radius 3 is 2.31 bits per heavy atom. The summed E-state index contributed by atoms with van der Waals surface area (Å²) in [5, 5.41) is 3.11. The quantitative estimate of drug-likeness (QED) is 0.309. The summed E-state index contributed by atoms with van der Waals surface area (Å²) in [6.07, 6.45) is 0.756. The van der Waals surface area contributed by atoms with Crippen molar-refractivity contribution in [3.63, 3.8) is 0 Å². The third kappa shape index (κ3) is 8.27. The molecule has 0 heterocycles. The zero-order valence-electron chi connectivity index (χ0n) is 19.4. The molecule has 0 atom stereocenters. The Morgan fingerprint density at radius 1 is 0.886 bits per heavy atom. The third-order valence-electron chi connectivity index (χ3n) is 4.92. The molecule has 0 bridgehead atoms. The fourth-order valence-corrected chi connectivity index (χ4v) is 3.42. The van der Waals surface area contributed by atoms with E-state index in [1.807, 2.05) is 44.2 Å². The minimum Gasteiger partial charge on any atom is -0.493 e. The molecular formula is C26H26ClN3O4S. The molecule has 35 heavy (non-hydrogen) atoms. The van der Waals surface area contributed by atoms with Crippen molar-refractivity contribution < 1.29 is 19.1 Å². The van der Waals surface area contributed by atoms with E-state index in [1.54, 1.807) is 36.4 Å². The Balaban J connectivity index is 1.41. The van der Waals surface area contributed by atoms with Crippen molar-refractivity contribution in [3.05, 3.63) is 94.0 Å². The van der Waals surface area contributed by atoms with E-state index in [2.05, 4.69) is 16.2 Å². The maximum Gasteiger partial charge on any atom is 0.276 e. The molecule has 0 aliphatic carbocycles. The topological polar surface area (TPSA) is 88.7 Å². The summed E-state index contributed by atoms with van der Waals surface area (Å²) in [5.74, 6) is 0.196. The highest BCUT2D eigenvalue weighted by Gasteiger charge is 2.11. The zero-order chi connectivity index (χ0) is 25.2. The summed E-state index contributed by atoms with van der Waals surface area (Å²) in [6, 6.07) is 20.3. The van der Waals surface area contributed by atoms with Crippen LogP contribution in [0.25, 0.3) is 0 Å². The highest BCUT2D eigenvalue weighted by molar-refractivity contribution is 7.80. The second-order valence-corrected chi connectivity index (χ2v) is 8.51. The van der Waals surface area contributed by atoms with Gasteiger partial charge in [0.2, 0.25) is 0 Å². The van der Waals surface area contributed by atoms with Crippen LogP contribution in [0.1, 0.15) is 27.0 Å². The Bertz CT molecular complexity index is 1180. The number of thiocarbonyl (C=S) groups is 1. The van der Waals surface area contributed by atoms with E-state index in [9.17, 15) is 9.59 Å². The number of amides is 2. The number of nitrogens with one attached hydrogen (secondary N) is 3. The van der Waals surface area contributed by atoms with Gasteiger partial charge in [0.05, 0.1) is 6.61 Å². The van der Waals surface area contributed by atoms with E-state index in [4.69, 9.17) is 33.3 Å². The van der Waals surface area contributed by atoms with E-state index >= 15 is 0 Å². The monoisotopic (exact) mass is 511 g/mol. The standard InChI is InChI=1S/C26H26ClN3O4S/c1-17-13-22(14-18(2)24(17)27)34-16-23(31)29-30-26(35)28-25(32)20-9-6-10-21(15-20)33-12-11-19-7-4-3-5-8-19/h3-10,13-15H,11-12,16H2,1-2H3,(H,29,31)(H2,28,30,32,35). The van der Waals surface area contributed by atoms with Crippen LogP contribution in [0.15, 0.2) is 66.7 Å². The Labute approximate surface area is 214 Å². The Kier molecular flexibility index (Phi) is 9.46. The largest absolute Gasteiger partial charge is 0.493 e. The predicted molar refractivity (Wildman–Crippen MR) is 140 cm³/mol. The average molecular weight is 512 g/mol. The van der Waals surface area contributed by atoms with Gasteiger partial charge in [-0.3, -0.25) is 25.8 Å². The Hall–Kier alpha value is -3.62. The van der Waals surface area contributed by atoms with E-state index in [0.717, 1.165) is 17.5 Å². The normalized spacial score (nSPS) is 10.3. The number of hydrogen-bond acceptors (Lipinski definition) is 5. The van der Waals surface area contributed by atoms with Gasteiger partial charge in [-0.25, -0.2) is 0 Å². The van der Waals surface area contributed by atoms with E-state index in [0.29, 0.717) is 28.7 Å². The van der Waals surface area contributed by atoms with Crippen molar-refractivity contribution in [1.82, 2.24) is 16.2 Å². The molecular weight excluding hydrogens is 486 g/mol. The predicted octanol–water partition coefficient (Wildman–Crippen LogP) is 4.29. The van der Waals surface area contributed by atoms with E-state index in [1.165, 1.54) is 5.56 Å². The highest BCUT2D eigenvalue weighted by Crippen LogP contribution is 2.25. The minimum atomic E-state index is -0.472. The van der Waals surface area contributed by atoms with Gasteiger partial charge in [-0.15, -0.1) is 0 Å². The van der Waals surface area contributed by atoms with Crippen molar-refractivity contribution >= 4 is 40.7 Å². The minimum absolute atomic E-state index is 0.0584. The van der Waals surface area contributed by atoms with Crippen molar-refractivity contribution in [1.29, 1.82) is 0 Å². The first-order valence-electron chi connectivity index (χ1n) is 10.9. The summed E-state index contributed by atoms with van der Waals surface area (Å²) in [4.78, 5) is 24.6. The molecule has 7 nitrogen and oxygen atoms in total. The summed E-state index contributed by atoms with van der Waals surface area (Å²) in [7, 11) is 0. The molecule has 0 aliphatic rings. The van der Waals surface area contributed by atoms with Gasteiger partial charge in [0.15, 0.2) is 11.7 Å². The molecule has 0 unspecified atom stereocenters. The molecule has 0 saturated heterocycles. The second kappa shape index (κ2) is 12.7. The molecule has 0 fully saturated rings. The van der Waals surface area contributed by atoms with Gasteiger partial charge in [-0.2, -0.15) is 0 Å². The fraction of sp³-hybridized carbons (Fsp3) is 0.192. The number of carbonyl (C=O) groups is 2. The van der Waals surface area contributed by atoms with Gasteiger partial charge in [0, 0.05) is 17.0 Å². The van der Waals surface area contributed by atoms with Crippen molar-refractivity contribution in [3.8, 4) is 11.5 Å². The highest BCUT2D eigenvalue weighted by atomic mass is 35.5. The van der Waals surface area contributed by atoms with Crippen LogP contribution in [0.3, 0.4) is 0 Å². The zero-order valence-corrected chi connectivity index (χ0v) is 21.0. The smallest absolute Gasteiger partial charge is 0.276 e. The lowest BCUT2D eigenvalue weighted by molar-refractivity contribution is -0.123. The molecule has 3 aromatic carbocycles. The molecule has 0 saturated carbocycles. The van der Waals surface area contributed by atoms with Crippen LogP contribution in [0.5, 0.6) is 11.5 Å². The molecule has 3 aromatic rings. The first-order valence-corrected chi connectivity index (χ1v) is 11.7. The van der Waals surface area contributed by atoms with E-state index in [-0.39, 0.29) is 11.7 Å². The van der Waals surface area contributed by atoms with Gasteiger partial charge in [0.25, 0.3) is 11.8 Å². The van der Waals surface area contributed by atoms with Gasteiger partial charge >= 0.3 is 0 Å². The Morgan fingerprint density at radius 2 is 1.60 bits per heavy atom. The molecule has 3 rings (SSSR count). The number of hydrogen-bond donors (Lipinski definition) is 3. The van der Waals surface area contributed by atoms with Crippen molar-refractivity contribution in [2.75, 3.05) is 13.2 Å². The van der Waals surface area contributed by atoms with Gasteiger partial charge in [0.1, 0.15) is 11.5 Å². The van der Waals surface area contributed by atoms with Crippen LogP contribution >= 0.6 is 23.8 Å². The van der Waals surface area contributed by atoms with Gasteiger partial charge < -0.3 is 9.47 Å². The number of rotatable bonds is 8. The van der Waals surface area contributed by atoms with Crippen molar-refractivity contribution in [2.45, 2.75) is 20.3 Å². The molecule has 0 radical (unpaired) electrons. The number of hydrazine groups is 1. The number of aryl methyl sites for hydroxylation is 2. The first-order chi connectivity index (χ1) is 16.8. The van der Waals surface area contributed by atoms with Crippen molar-refractivity contribution in [2.24, 2.45) is 0 Å². The average Bonchev–Trinajstić information content (AvgIpc) is 2.85. The summed E-state index contributed by atoms with van der Waals surface area (Å²) in [5.41, 5.74) is 8.12. The van der Waals surface area contributed by atoms with Crippen LogP contribution in [-0.4, -0.2) is 30.1 Å². The number of ether oxygens (including phenoxy) is 2. The van der Waals surface area contributed by atoms with E-state index < -0.39 is 11.8 Å². The van der Waals surface area contributed by atoms with Crippen LogP contribution < -0.4 is 25.6 Å². The second-order valence-electron chi connectivity index (χ2n) is 7.73. The lowest BCUT2D eigenvalue weighted by Gasteiger charge is -2.13. The molecule has 0 spiro atoms. The molecule has 9 heteroatoms. The summed E-state index contributed by atoms with van der Waals surface area (Å²) >= 11 is 11.2. The van der Waals surface area contributed by atoms with Crippen LogP contribution in [-0.2, 0) is 11.2 Å². The van der Waals surface area contributed by atoms with Crippen LogP contribution in [0, 0.1) is 13.8 Å². The maximum atomic E-state index is 12.5.